The molecule has 0 saturated carbocycles. The first-order valence-corrected chi connectivity index (χ1v) is 11.9. The van der Waals surface area contributed by atoms with Crippen molar-refractivity contribution in [1.82, 2.24) is 19.5 Å². The Hall–Kier alpha value is -4.04. The van der Waals surface area contributed by atoms with Gasteiger partial charge in [-0.05, 0) is 37.0 Å². The Morgan fingerprint density at radius 2 is 1.83 bits per heavy atom. The molecule has 0 amide bonds. The summed E-state index contributed by atoms with van der Waals surface area (Å²) in [4.78, 5) is 29.0. The molecule has 3 N–H and O–H groups in total. The van der Waals surface area contributed by atoms with Gasteiger partial charge in [0.25, 0.3) is 5.56 Å². The number of aromatic nitrogens is 4. The van der Waals surface area contributed by atoms with Crippen LogP contribution in [0, 0.1) is 0 Å². The maximum Gasteiger partial charge on any atom is 0.255 e. The number of nitrogens with zero attached hydrogens (tertiary/aromatic N) is 5. The monoisotopic (exact) mass is 467 g/mol. The Bertz CT molecular complexity index is 1370. The minimum absolute atomic E-state index is 0.0562. The average Bonchev–Trinajstić information content (AvgIpc) is 2.89. The summed E-state index contributed by atoms with van der Waals surface area (Å²) >= 11 is 0. The highest BCUT2D eigenvalue weighted by Gasteiger charge is 2.23. The van der Waals surface area contributed by atoms with E-state index in [4.69, 9.17) is 15.7 Å². The lowest BCUT2D eigenvalue weighted by Gasteiger charge is -2.30. The number of benzene rings is 2. The highest BCUT2D eigenvalue weighted by molar-refractivity contribution is 5.63. The van der Waals surface area contributed by atoms with Crippen molar-refractivity contribution in [3.05, 3.63) is 94.4 Å². The molecule has 2 aromatic heterocycles. The summed E-state index contributed by atoms with van der Waals surface area (Å²) in [6, 6.07) is 21.7. The van der Waals surface area contributed by atoms with E-state index in [-0.39, 0.29) is 11.6 Å². The molecule has 0 saturated heterocycles. The minimum Gasteiger partial charge on any atom is -0.351 e. The molecule has 1 atom stereocenters. The molecule has 1 aliphatic rings. The fourth-order valence-corrected chi connectivity index (χ4v) is 4.45. The van der Waals surface area contributed by atoms with Gasteiger partial charge in [-0.1, -0.05) is 54.6 Å². The van der Waals surface area contributed by atoms with Gasteiger partial charge in [0.05, 0.1) is 5.69 Å². The van der Waals surface area contributed by atoms with Crippen molar-refractivity contribution in [2.45, 2.75) is 38.9 Å². The quantitative estimate of drug-likeness (QED) is 0.427. The summed E-state index contributed by atoms with van der Waals surface area (Å²) in [5.41, 5.74) is 9.63. The molecule has 2 aromatic carbocycles. The van der Waals surface area contributed by atoms with Crippen molar-refractivity contribution in [3.8, 4) is 11.3 Å². The van der Waals surface area contributed by atoms with Crippen LogP contribution < -0.4 is 21.5 Å². The number of nitrogens with two attached hydrogens (primary N) is 1. The third kappa shape index (κ3) is 5.07. The van der Waals surface area contributed by atoms with Crippen LogP contribution in [0.1, 0.15) is 24.5 Å². The van der Waals surface area contributed by atoms with Crippen LogP contribution in [0.2, 0.25) is 0 Å². The molecular formula is C27H29N7O. The summed E-state index contributed by atoms with van der Waals surface area (Å²) in [5.74, 6) is 1.87. The lowest BCUT2D eigenvalue weighted by atomic mass is 10.0. The molecular weight excluding hydrogens is 438 g/mol. The van der Waals surface area contributed by atoms with Gasteiger partial charge in [-0.25, -0.2) is 9.97 Å². The fourth-order valence-electron chi connectivity index (χ4n) is 4.45. The molecule has 0 radical (unpaired) electrons. The van der Waals surface area contributed by atoms with Gasteiger partial charge in [0, 0.05) is 43.5 Å². The topological polar surface area (TPSA) is 102 Å². The van der Waals surface area contributed by atoms with Gasteiger partial charge in [-0.3, -0.25) is 14.3 Å². The standard InChI is InChI=1S/C27H29N7O/c1-19(15-20-7-5-8-21(16-20)18-28)30-26-29-12-11-24(32-26)33-13-6-14-34-25(35)17-23(31-27(33)34)22-9-3-2-4-10-22/h2-5,7-12,16-17,19H,6,13-15,18,28H2,1H3,(H,29,30,32). The smallest absolute Gasteiger partial charge is 0.255 e. The molecule has 178 valence electrons. The second-order valence-corrected chi connectivity index (χ2v) is 8.81. The third-order valence-corrected chi connectivity index (χ3v) is 6.12. The van der Waals surface area contributed by atoms with E-state index in [1.807, 2.05) is 53.4 Å². The van der Waals surface area contributed by atoms with Crippen LogP contribution >= 0.6 is 0 Å². The molecule has 4 aromatic rings. The van der Waals surface area contributed by atoms with Gasteiger partial charge < -0.3 is 11.1 Å². The van der Waals surface area contributed by atoms with Gasteiger partial charge in [-0.2, -0.15) is 4.98 Å². The second-order valence-electron chi connectivity index (χ2n) is 8.81. The Balaban J connectivity index is 1.40. The van der Waals surface area contributed by atoms with E-state index in [9.17, 15) is 4.79 Å². The van der Waals surface area contributed by atoms with E-state index < -0.39 is 0 Å². The maximum absolute atomic E-state index is 12.9. The maximum atomic E-state index is 12.9. The van der Waals surface area contributed by atoms with Crippen molar-refractivity contribution < 1.29 is 0 Å². The Morgan fingerprint density at radius 3 is 2.66 bits per heavy atom. The Morgan fingerprint density at radius 1 is 1.00 bits per heavy atom. The van der Waals surface area contributed by atoms with Crippen molar-refractivity contribution in [1.29, 1.82) is 0 Å². The number of nitrogens with one attached hydrogen (secondary N) is 1. The van der Waals surface area contributed by atoms with Crippen molar-refractivity contribution in [2.75, 3.05) is 16.8 Å². The van der Waals surface area contributed by atoms with Gasteiger partial charge in [0.1, 0.15) is 5.82 Å². The van der Waals surface area contributed by atoms with Crippen LogP contribution in [0.4, 0.5) is 17.7 Å². The van der Waals surface area contributed by atoms with E-state index in [1.54, 1.807) is 16.8 Å². The zero-order chi connectivity index (χ0) is 24.2. The predicted octanol–water partition coefficient (Wildman–Crippen LogP) is 3.74. The predicted molar refractivity (Wildman–Crippen MR) is 139 cm³/mol. The second kappa shape index (κ2) is 10.1. The molecule has 0 bridgehead atoms. The van der Waals surface area contributed by atoms with E-state index in [0.717, 1.165) is 30.5 Å². The van der Waals surface area contributed by atoms with Gasteiger partial charge >= 0.3 is 0 Å². The van der Waals surface area contributed by atoms with Crippen LogP contribution in [0.5, 0.6) is 0 Å². The highest BCUT2D eigenvalue weighted by atomic mass is 16.1. The highest BCUT2D eigenvalue weighted by Crippen LogP contribution is 2.27. The molecule has 3 heterocycles. The van der Waals surface area contributed by atoms with Gasteiger partial charge in [0.2, 0.25) is 11.9 Å². The first-order valence-electron chi connectivity index (χ1n) is 11.9. The lowest BCUT2D eigenvalue weighted by molar-refractivity contribution is 0.561. The fraction of sp³-hybridized carbons (Fsp3) is 0.259. The molecule has 35 heavy (non-hydrogen) atoms. The van der Waals surface area contributed by atoms with Gasteiger partial charge in [0.15, 0.2) is 0 Å². The van der Waals surface area contributed by atoms with Crippen LogP contribution in [-0.2, 0) is 19.5 Å². The van der Waals surface area contributed by atoms with Gasteiger partial charge in [-0.15, -0.1) is 0 Å². The van der Waals surface area contributed by atoms with E-state index in [1.165, 1.54) is 5.56 Å². The first kappa shape index (κ1) is 22.7. The van der Waals surface area contributed by atoms with E-state index in [0.29, 0.717) is 36.5 Å². The number of fused-ring (bicyclic) bond motifs is 1. The molecule has 0 fully saturated rings. The van der Waals surface area contributed by atoms with Crippen molar-refractivity contribution in [3.63, 3.8) is 0 Å². The number of anilines is 3. The SMILES string of the molecule is CC(Cc1cccc(CN)c1)Nc1nccc(N2CCCn3c2nc(-c2ccccc2)cc3=O)n1. The summed E-state index contributed by atoms with van der Waals surface area (Å²) in [6.45, 7) is 4.00. The molecule has 5 rings (SSSR count). The van der Waals surface area contributed by atoms with Crippen molar-refractivity contribution >= 4 is 17.7 Å². The van der Waals surface area contributed by atoms with Crippen LogP contribution in [0.3, 0.4) is 0 Å². The molecule has 1 unspecified atom stereocenters. The van der Waals surface area contributed by atoms with Crippen LogP contribution in [0.15, 0.2) is 77.7 Å². The van der Waals surface area contributed by atoms with E-state index in [2.05, 4.69) is 29.4 Å². The normalized spacial score (nSPS) is 13.8. The number of rotatable bonds is 7. The lowest BCUT2D eigenvalue weighted by Crippen LogP contribution is -2.36. The molecule has 0 aliphatic carbocycles. The zero-order valence-electron chi connectivity index (χ0n) is 19.8. The summed E-state index contributed by atoms with van der Waals surface area (Å²) in [7, 11) is 0. The molecule has 0 spiro atoms. The van der Waals surface area contributed by atoms with E-state index >= 15 is 0 Å². The molecule has 8 heteroatoms. The van der Waals surface area contributed by atoms with Crippen LogP contribution in [0.25, 0.3) is 11.3 Å². The first-order chi connectivity index (χ1) is 17.1. The average molecular weight is 468 g/mol. The number of hydrogen-bond donors (Lipinski definition) is 2. The summed E-state index contributed by atoms with van der Waals surface area (Å²) in [6.07, 6.45) is 3.40. The molecule has 8 nitrogen and oxygen atoms in total. The third-order valence-electron chi connectivity index (χ3n) is 6.12. The zero-order valence-corrected chi connectivity index (χ0v) is 19.8. The van der Waals surface area contributed by atoms with Crippen LogP contribution in [-0.4, -0.2) is 32.1 Å². The summed E-state index contributed by atoms with van der Waals surface area (Å²) < 4.78 is 1.72. The summed E-state index contributed by atoms with van der Waals surface area (Å²) in [5, 5.41) is 3.41. The minimum atomic E-state index is -0.0562. The number of hydrogen-bond acceptors (Lipinski definition) is 7. The largest absolute Gasteiger partial charge is 0.351 e. The van der Waals surface area contributed by atoms with Crippen molar-refractivity contribution in [2.24, 2.45) is 5.73 Å². The molecule has 1 aliphatic heterocycles. The Kier molecular flexibility index (Phi) is 6.54. The Labute approximate surface area is 204 Å².